The van der Waals surface area contributed by atoms with Crippen LogP contribution in [0.15, 0.2) is 12.1 Å². The summed E-state index contributed by atoms with van der Waals surface area (Å²) in [6.45, 7) is 9.20. The molecule has 14 nitrogen and oxygen atoms in total. The lowest BCUT2D eigenvalue weighted by atomic mass is 10.1. The fourth-order valence-electron chi connectivity index (χ4n) is 5.48. The third-order valence-corrected chi connectivity index (χ3v) is 9.08. The third kappa shape index (κ3) is 7.59. The molecule has 46 heavy (non-hydrogen) atoms. The van der Waals surface area contributed by atoms with E-state index < -0.39 is 5.97 Å². The Labute approximate surface area is 273 Å². The molecule has 0 bridgehead atoms. The van der Waals surface area contributed by atoms with Crippen LogP contribution >= 0.6 is 11.3 Å². The molecule has 248 valence electrons. The van der Waals surface area contributed by atoms with Gasteiger partial charge in [0.15, 0.2) is 16.6 Å². The first kappa shape index (κ1) is 33.2. The Bertz CT molecular complexity index is 1530. The summed E-state index contributed by atoms with van der Waals surface area (Å²) in [5, 5.41) is 7.13. The monoisotopic (exact) mass is 654 g/mol. The van der Waals surface area contributed by atoms with E-state index in [9.17, 15) is 9.59 Å². The predicted octanol–water partition coefficient (Wildman–Crippen LogP) is 2.93. The molecule has 1 saturated heterocycles. The van der Waals surface area contributed by atoms with Crippen molar-refractivity contribution in [3.63, 3.8) is 0 Å². The van der Waals surface area contributed by atoms with Crippen LogP contribution in [0.25, 0.3) is 0 Å². The first-order valence-corrected chi connectivity index (χ1v) is 16.1. The quantitative estimate of drug-likeness (QED) is 0.277. The molecule has 2 aromatic heterocycles. The Morgan fingerprint density at radius 1 is 0.978 bits per heavy atom. The van der Waals surface area contributed by atoms with Crippen molar-refractivity contribution >= 4 is 40.1 Å². The SMILES string of the molecule is CCOC(=O)c1sc(Nc2nc3c(c(NCc4cc(OC)c(OC)c(OC)c4)n2)CN(C(=O)CN2CCN(C)CC2)CC3)nc1C. The van der Waals surface area contributed by atoms with Gasteiger partial charge in [0, 0.05) is 51.3 Å². The van der Waals surface area contributed by atoms with Gasteiger partial charge in [-0.25, -0.2) is 14.8 Å². The maximum absolute atomic E-state index is 13.4. The molecule has 15 heteroatoms. The van der Waals surface area contributed by atoms with Gasteiger partial charge in [0.2, 0.25) is 17.6 Å². The molecule has 0 unspecified atom stereocenters. The minimum Gasteiger partial charge on any atom is -0.493 e. The number of nitrogens with zero attached hydrogens (tertiary/aromatic N) is 6. The number of methoxy groups -OCH3 is 3. The number of rotatable bonds is 12. The van der Waals surface area contributed by atoms with Crippen LogP contribution in [-0.2, 0) is 29.0 Å². The van der Waals surface area contributed by atoms with Crippen LogP contribution in [0.4, 0.5) is 16.9 Å². The van der Waals surface area contributed by atoms with E-state index in [0.717, 1.165) is 43.0 Å². The summed E-state index contributed by atoms with van der Waals surface area (Å²) < 4.78 is 21.7. The number of amides is 1. The Kier molecular flexibility index (Phi) is 10.8. The first-order valence-electron chi connectivity index (χ1n) is 15.3. The molecule has 1 amide bonds. The fraction of sp³-hybridized carbons (Fsp3) is 0.516. The zero-order chi connectivity index (χ0) is 32.8. The summed E-state index contributed by atoms with van der Waals surface area (Å²) in [5.41, 5.74) is 3.15. The van der Waals surface area contributed by atoms with Crippen molar-refractivity contribution < 1.29 is 28.5 Å². The van der Waals surface area contributed by atoms with Crippen molar-refractivity contribution in [2.24, 2.45) is 0 Å². The molecule has 3 aromatic rings. The van der Waals surface area contributed by atoms with E-state index in [0.29, 0.717) is 77.3 Å². The zero-order valence-electron chi connectivity index (χ0n) is 27.3. The van der Waals surface area contributed by atoms with Crippen LogP contribution in [0, 0.1) is 6.92 Å². The maximum Gasteiger partial charge on any atom is 0.350 e. The number of piperazine rings is 1. The summed E-state index contributed by atoms with van der Waals surface area (Å²) >= 11 is 1.19. The number of carbonyl (C=O) groups is 2. The lowest BCUT2D eigenvalue weighted by Gasteiger charge is -2.35. The van der Waals surface area contributed by atoms with Crippen LogP contribution in [0.1, 0.15) is 39.1 Å². The minimum atomic E-state index is -0.411. The molecule has 0 radical (unpaired) electrons. The lowest BCUT2D eigenvalue weighted by Crippen LogP contribution is -2.49. The number of thiazole rings is 1. The van der Waals surface area contributed by atoms with Crippen molar-refractivity contribution in [1.82, 2.24) is 29.7 Å². The number of esters is 1. The van der Waals surface area contributed by atoms with Gasteiger partial charge in [-0.1, -0.05) is 11.3 Å². The number of nitrogens with one attached hydrogen (secondary N) is 2. The van der Waals surface area contributed by atoms with E-state index in [1.807, 2.05) is 17.0 Å². The third-order valence-electron chi connectivity index (χ3n) is 8.03. The highest BCUT2D eigenvalue weighted by molar-refractivity contribution is 7.17. The van der Waals surface area contributed by atoms with E-state index in [4.69, 9.17) is 28.9 Å². The van der Waals surface area contributed by atoms with Crippen LogP contribution in [0.5, 0.6) is 17.2 Å². The van der Waals surface area contributed by atoms with Crippen LogP contribution in [-0.4, -0.2) is 116 Å². The molecule has 0 aliphatic carbocycles. The second-order valence-electron chi connectivity index (χ2n) is 11.1. The predicted molar refractivity (Wildman–Crippen MR) is 175 cm³/mol. The van der Waals surface area contributed by atoms with Crippen molar-refractivity contribution in [3.8, 4) is 17.2 Å². The van der Waals surface area contributed by atoms with Gasteiger partial charge >= 0.3 is 5.97 Å². The van der Waals surface area contributed by atoms with Gasteiger partial charge in [0.05, 0.1) is 52.4 Å². The highest BCUT2D eigenvalue weighted by Gasteiger charge is 2.28. The number of likely N-dealkylation sites (N-methyl/N-ethyl adjacent to an activating group) is 1. The van der Waals surface area contributed by atoms with Gasteiger partial charge in [0.1, 0.15) is 10.7 Å². The maximum atomic E-state index is 13.4. The van der Waals surface area contributed by atoms with E-state index in [1.165, 1.54) is 11.3 Å². The van der Waals surface area contributed by atoms with Crippen LogP contribution in [0.2, 0.25) is 0 Å². The van der Waals surface area contributed by atoms with Crippen molar-refractivity contribution in [2.75, 3.05) is 84.9 Å². The molecule has 2 aliphatic heterocycles. The van der Waals surface area contributed by atoms with Crippen LogP contribution in [0.3, 0.4) is 0 Å². The van der Waals surface area contributed by atoms with Crippen molar-refractivity contribution in [1.29, 1.82) is 0 Å². The molecule has 0 atom stereocenters. The molecule has 2 aliphatic rings. The second kappa shape index (κ2) is 14.9. The van der Waals surface area contributed by atoms with E-state index in [1.54, 1.807) is 35.2 Å². The zero-order valence-corrected chi connectivity index (χ0v) is 28.1. The molecule has 4 heterocycles. The first-order chi connectivity index (χ1) is 22.2. The smallest absolute Gasteiger partial charge is 0.350 e. The molecular formula is C31H42N8O6S. The minimum absolute atomic E-state index is 0.0951. The number of fused-ring (bicyclic) bond motifs is 1. The number of carbonyl (C=O) groups excluding carboxylic acids is 2. The van der Waals surface area contributed by atoms with Gasteiger partial charge < -0.3 is 34.1 Å². The van der Waals surface area contributed by atoms with Gasteiger partial charge in [-0.15, -0.1) is 0 Å². The number of ether oxygens (including phenoxy) is 4. The summed E-state index contributed by atoms with van der Waals surface area (Å²) in [5.74, 6) is 2.22. The Morgan fingerprint density at radius 2 is 1.70 bits per heavy atom. The fourth-order valence-corrected chi connectivity index (χ4v) is 6.33. The number of aryl methyl sites for hydroxylation is 1. The molecular weight excluding hydrogens is 612 g/mol. The van der Waals surface area contributed by atoms with Gasteiger partial charge in [0.25, 0.3) is 0 Å². The van der Waals surface area contributed by atoms with Crippen molar-refractivity contribution in [3.05, 3.63) is 39.5 Å². The Hall–Kier alpha value is -4.21. The lowest BCUT2D eigenvalue weighted by molar-refractivity contribution is -0.133. The summed E-state index contributed by atoms with van der Waals surface area (Å²) in [6, 6.07) is 3.75. The van der Waals surface area contributed by atoms with E-state index in [-0.39, 0.29) is 12.5 Å². The molecule has 0 saturated carbocycles. The topological polar surface area (TPSA) is 144 Å². The number of hydrogen-bond donors (Lipinski definition) is 2. The number of hydrogen-bond acceptors (Lipinski definition) is 14. The number of aromatic nitrogens is 3. The number of anilines is 3. The van der Waals surface area contributed by atoms with Crippen LogP contribution < -0.4 is 24.8 Å². The van der Waals surface area contributed by atoms with E-state index in [2.05, 4.69) is 32.5 Å². The standard InChI is InChI=1S/C31H42N8O6S/c1-7-45-29(41)27-19(2)33-31(46-27)36-30-34-22-8-9-39(25(40)18-38-12-10-37(3)11-13-38)17-21(22)28(35-30)32-16-20-14-23(42-4)26(44-6)24(15-20)43-5/h14-15H,7-13,16-18H2,1-6H3,(H2,32,33,34,35,36). The number of benzene rings is 1. The highest BCUT2D eigenvalue weighted by atomic mass is 32.1. The normalized spacial score (nSPS) is 15.2. The van der Waals surface area contributed by atoms with E-state index >= 15 is 0 Å². The van der Waals surface area contributed by atoms with Gasteiger partial charge in [-0.05, 0) is 38.6 Å². The molecule has 2 N–H and O–H groups in total. The highest BCUT2D eigenvalue weighted by Crippen LogP contribution is 2.38. The Balaban J connectivity index is 1.41. The average Bonchev–Trinajstić information content (AvgIpc) is 3.43. The second-order valence-corrected chi connectivity index (χ2v) is 12.1. The average molecular weight is 655 g/mol. The Morgan fingerprint density at radius 3 is 2.35 bits per heavy atom. The molecule has 5 rings (SSSR count). The molecule has 1 aromatic carbocycles. The largest absolute Gasteiger partial charge is 0.493 e. The summed E-state index contributed by atoms with van der Waals surface area (Å²) in [4.78, 5) is 46.7. The summed E-state index contributed by atoms with van der Waals surface area (Å²) in [7, 11) is 6.82. The molecule has 0 spiro atoms. The van der Waals surface area contributed by atoms with Gasteiger partial charge in [-0.3, -0.25) is 15.0 Å². The van der Waals surface area contributed by atoms with Crippen molar-refractivity contribution in [2.45, 2.75) is 33.4 Å². The molecule has 1 fully saturated rings. The summed E-state index contributed by atoms with van der Waals surface area (Å²) in [6.07, 6.45) is 0.574. The van der Waals surface area contributed by atoms with Gasteiger partial charge in [-0.2, -0.15) is 4.98 Å².